The molecule has 0 aliphatic heterocycles. The Bertz CT molecular complexity index is 866. The molecule has 8 heteroatoms. The lowest BCUT2D eigenvalue weighted by Gasteiger charge is -2.25. The Balaban J connectivity index is 2.38. The van der Waals surface area contributed by atoms with E-state index in [2.05, 4.69) is 15.7 Å². The number of hydrogen-bond acceptors (Lipinski definition) is 3. The Morgan fingerprint density at radius 2 is 1.96 bits per heavy atom. The number of hydrogen-bond donors (Lipinski definition) is 3. The van der Waals surface area contributed by atoms with Crippen LogP contribution in [0.1, 0.15) is 31.9 Å². The molecule has 0 unspecified atom stereocenters. The van der Waals surface area contributed by atoms with Gasteiger partial charge in [0, 0.05) is 30.4 Å². The Hall–Kier alpha value is -3.16. The lowest BCUT2D eigenvalue weighted by Crippen LogP contribution is -2.22. The molecule has 0 bridgehead atoms. The zero-order valence-electron chi connectivity index (χ0n) is 15.0. The van der Waals surface area contributed by atoms with Crippen molar-refractivity contribution in [1.82, 2.24) is 9.78 Å². The number of anilines is 2. The third-order valence-corrected chi connectivity index (χ3v) is 3.55. The highest BCUT2D eigenvalue weighted by molar-refractivity contribution is 6.05. The monoisotopic (exact) mass is 360 g/mol. The first-order valence-corrected chi connectivity index (χ1v) is 7.88. The predicted octanol–water partition coefficient (Wildman–Crippen LogP) is 3.60. The summed E-state index contributed by atoms with van der Waals surface area (Å²) in [5, 5.41) is 17.8. The van der Waals surface area contributed by atoms with Crippen LogP contribution in [0.3, 0.4) is 0 Å². The van der Waals surface area contributed by atoms with Gasteiger partial charge in [-0.15, -0.1) is 0 Å². The molecule has 26 heavy (non-hydrogen) atoms. The predicted molar refractivity (Wildman–Crippen MR) is 97.6 cm³/mol. The van der Waals surface area contributed by atoms with E-state index in [4.69, 9.17) is 5.11 Å². The molecule has 2 amide bonds. The Labute approximate surface area is 150 Å². The van der Waals surface area contributed by atoms with Gasteiger partial charge in [-0.25, -0.2) is 9.18 Å². The van der Waals surface area contributed by atoms with E-state index in [1.54, 1.807) is 51.0 Å². The number of carboxylic acid groups (broad SMARTS) is 1. The fourth-order valence-corrected chi connectivity index (χ4v) is 2.52. The molecule has 7 nitrogen and oxygen atoms in total. The van der Waals surface area contributed by atoms with Crippen molar-refractivity contribution in [2.45, 2.75) is 26.2 Å². The summed E-state index contributed by atoms with van der Waals surface area (Å²) in [6, 6.07) is 2.45. The standard InChI is InChI=1S/C18H21FN4O3/c1-18(2,3)15-12(19)6-7-13(21-17(25)26)16(15)22-14(24)8-5-11-9-20-23(4)10-11/h5-10,21H,1-4H3,(H,22,24)(H,25,26). The minimum absolute atomic E-state index is 0.0979. The number of nitrogens with zero attached hydrogens (tertiary/aromatic N) is 2. The van der Waals surface area contributed by atoms with Crippen LogP contribution in [0, 0.1) is 5.82 Å². The third-order valence-electron chi connectivity index (χ3n) is 3.55. The molecule has 0 fully saturated rings. The Kier molecular flexibility index (Phi) is 5.44. The molecule has 2 rings (SSSR count). The highest BCUT2D eigenvalue weighted by Crippen LogP contribution is 2.37. The molecule has 0 aliphatic carbocycles. The van der Waals surface area contributed by atoms with Crippen LogP contribution < -0.4 is 10.6 Å². The molecule has 0 saturated carbocycles. The SMILES string of the molecule is Cn1cc(C=CC(=O)Nc2c(NC(=O)O)ccc(F)c2C(C)(C)C)cn1. The second-order valence-electron chi connectivity index (χ2n) is 6.80. The Morgan fingerprint density at radius 3 is 2.50 bits per heavy atom. The third kappa shape index (κ3) is 4.69. The number of carbonyl (C=O) groups is 2. The summed E-state index contributed by atoms with van der Waals surface area (Å²) >= 11 is 0. The summed E-state index contributed by atoms with van der Waals surface area (Å²) in [5.41, 5.74) is 0.483. The first kappa shape index (κ1) is 19.2. The van der Waals surface area contributed by atoms with Gasteiger partial charge in [0.05, 0.1) is 17.6 Å². The number of carbonyl (C=O) groups excluding carboxylic acids is 1. The summed E-state index contributed by atoms with van der Waals surface area (Å²) in [4.78, 5) is 23.3. The van der Waals surface area contributed by atoms with Gasteiger partial charge < -0.3 is 10.4 Å². The normalized spacial score (nSPS) is 11.6. The van der Waals surface area contributed by atoms with Crippen molar-refractivity contribution in [3.63, 3.8) is 0 Å². The number of halogens is 1. The maximum Gasteiger partial charge on any atom is 0.409 e. The van der Waals surface area contributed by atoms with Gasteiger partial charge in [-0.1, -0.05) is 20.8 Å². The van der Waals surface area contributed by atoms with Crippen LogP contribution in [0.5, 0.6) is 0 Å². The van der Waals surface area contributed by atoms with Gasteiger partial charge in [-0.2, -0.15) is 5.10 Å². The highest BCUT2D eigenvalue weighted by Gasteiger charge is 2.26. The molecule has 1 aromatic carbocycles. The minimum atomic E-state index is -1.31. The molecule has 3 N–H and O–H groups in total. The summed E-state index contributed by atoms with van der Waals surface area (Å²) in [6.07, 6.45) is 4.84. The van der Waals surface area contributed by atoms with Crippen LogP contribution >= 0.6 is 0 Å². The average molecular weight is 360 g/mol. The average Bonchev–Trinajstić information content (AvgIpc) is 2.92. The summed E-state index contributed by atoms with van der Waals surface area (Å²) in [6.45, 7) is 5.32. The van der Waals surface area contributed by atoms with E-state index >= 15 is 0 Å². The molecule has 0 saturated heterocycles. The van der Waals surface area contributed by atoms with E-state index in [1.165, 1.54) is 18.2 Å². The first-order valence-electron chi connectivity index (χ1n) is 7.88. The largest absolute Gasteiger partial charge is 0.465 e. The zero-order chi connectivity index (χ0) is 19.5. The van der Waals surface area contributed by atoms with E-state index in [0.717, 1.165) is 5.56 Å². The fraction of sp³-hybridized carbons (Fsp3) is 0.278. The number of nitrogens with one attached hydrogen (secondary N) is 2. The van der Waals surface area contributed by atoms with Gasteiger partial charge >= 0.3 is 6.09 Å². The van der Waals surface area contributed by atoms with Crippen molar-refractivity contribution in [3.05, 3.63) is 47.5 Å². The minimum Gasteiger partial charge on any atom is -0.465 e. The first-order chi connectivity index (χ1) is 12.1. The van der Waals surface area contributed by atoms with Crippen LogP contribution in [-0.2, 0) is 17.3 Å². The van der Waals surface area contributed by atoms with E-state index in [9.17, 15) is 14.0 Å². The maximum absolute atomic E-state index is 14.4. The van der Waals surface area contributed by atoms with E-state index in [1.807, 2.05) is 0 Å². The van der Waals surface area contributed by atoms with Crippen molar-refractivity contribution in [1.29, 1.82) is 0 Å². The zero-order valence-corrected chi connectivity index (χ0v) is 15.0. The molecule has 1 heterocycles. The number of aryl methyl sites for hydroxylation is 1. The summed E-state index contributed by atoms with van der Waals surface area (Å²) in [7, 11) is 1.75. The van der Waals surface area contributed by atoms with Gasteiger partial charge in [0.1, 0.15) is 5.82 Å². The van der Waals surface area contributed by atoms with E-state index in [-0.39, 0.29) is 16.9 Å². The van der Waals surface area contributed by atoms with Gasteiger partial charge in [-0.3, -0.25) is 14.8 Å². The molecule has 0 spiro atoms. The van der Waals surface area contributed by atoms with Gasteiger partial charge in [0.25, 0.3) is 0 Å². The van der Waals surface area contributed by atoms with E-state index in [0.29, 0.717) is 0 Å². The molecule has 0 aliphatic rings. The van der Waals surface area contributed by atoms with Crippen molar-refractivity contribution in [2.75, 3.05) is 10.6 Å². The van der Waals surface area contributed by atoms with Crippen molar-refractivity contribution >= 4 is 29.5 Å². The van der Waals surface area contributed by atoms with E-state index < -0.39 is 23.2 Å². The quantitative estimate of drug-likeness (QED) is 0.726. The maximum atomic E-state index is 14.4. The number of benzene rings is 1. The van der Waals surface area contributed by atoms with Crippen molar-refractivity contribution < 1.29 is 19.1 Å². The second-order valence-corrected chi connectivity index (χ2v) is 6.80. The molecule has 0 atom stereocenters. The molecule has 138 valence electrons. The van der Waals surface area contributed by atoms with Gasteiger partial charge in [0.15, 0.2) is 0 Å². The second kappa shape index (κ2) is 7.38. The van der Waals surface area contributed by atoms with Gasteiger partial charge in [0.2, 0.25) is 5.91 Å². The molecule has 0 radical (unpaired) electrons. The van der Waals surface area contributed by atoms with Crippen molar-refractivity contribution in [3.8, 4) is 0 Å². The van der Waals surface area contributed by atoms with Crippen LogP contribution in [0.2, 0.25) is 0 Å². The van der Waals surface area contributed by atoms with Crippen molar-refractivity contribution in [2.24, 2.45) is 7.05 Å². The Morgan fingerprint density at radius 1 is 1.27 bits per heavy atom. The summed E-state index contributed by atoms with van der Waals surface area (Å²) in [5.74, 6) is -1.04. The van der Waals surface area contributed by atoms with Crippen LogP contribution in [0.4, 0.5) is 20.6 Å². The highest BCUT2D eigenvalue weighted by atomic mass is 19.1. The lowest BCUT2D eigenvalue weighted by molar-refractivity contribution is -0.111. The summed E-state index contributed by atoms with van der Waals surface area (Å²) < 4.78 is 16.0. The van der Waals surface area contributed by atoms with Gasteiger partial charge in [-0.05, 0) is 23.6 Å². The lowest BCUT2D eigenvalue weighted by atomic mass is 9.84. The van der Waals surface area contributed by atoms with Crippen LogP contribution in [0.25, 0.3) is 6.08 Å². The number of amides is 2. The number of aromatic nitrogens is 2. The van der Waals surface area contributed by atoms with Crippen LogP contribution in [0.15, 0.2) is 30.6 Å². The fourth-order valence-electron chi connectivity index (χ4n) is 2.52. The number of rotatable bonds is 4. The molecule has 1 aromatic heterocycles. The topological polar surface area (TPSA) is 96.2 Å². The molecular weight excluding hydrogens is 339 g/mol. The molecule has 2 aromatic rings. The molecular formula is C18H21FN4O3. The van der Waals surface area contributed by atoms with Crippen LogP contribution in [-0.4, -0.2) is 26.9 Å². The smallest absolute Gasteiger partial charge is 0.409 e.